The van der Waals surface area contributed by atoms with Gasteiger partial charge in [0, 0.05) is 26.2 Å². The molecule has 1 N–H and O–H groups in total. The number of piperidine rings is 1. The zero-order valence-corrected chi connectivity index (χ0v) is 20.2. The quantitative estimate of drug-likeness (QED) is 0.613. The molecule has 0 radical (unpaired) electrons. The smallest absolute Gasteiger partial charge is 0.288 e. The summed E-state index contributed by atoms with van der Waals surface area (Å²) in [4.78, 5) is 12.6. The van der Waals surface area contributed by atoms with Crippen molar-refractivity contribution in [1.82, 2.24) is 14.1 Å². The predicted octanol–water partition coefficient (Wildman–Crippen LogP) is 2.53. The fourth-order valence-corrected chi connectivity index (χ4v) is 5.92. The number of nitrogens with zero attached hydrogens (tertiary/aromatic N) is 4. The number of halogens is 3. The molecule has 9 nitrogen and oxygen atoms in total. The van der Waals surface area contributed by atoms with Crippen LogP contribution in [0.4, 0.5) is 14.5 Å². The van der Waals surface area contributed by atoms with Crippen LogP contribution in [0.15, 0.2) is 40.2 Å². The molecule has 2 aliphatic heterocycles. The lowest BCUT2D eigenvalue weighted by atomic mass is 10.0. The fourth-order valence-electron chi connectivity index (χ4n) is 4.26. The summed E-state index contributed by atoms with van der Waals surface area (Å²) >= 11 is 6.20. The second-order valence-electron chi connectivity index (χ2n) is 8.57. The Morgan fingerprint density at radius 2 is 1.91 bits per heavy atom. The Bertz CT molecular complexity index is 1250. The molecule has 0 spiro atoms. The molecule has 0 unspecified atom stereocenters. The van der Waals surface area contributed by atoms with Gasteiger partial charge >= 0.3 is 0 Å². The summed E-state index contributed by atoms with van der Waals surface area (Å²) in [7, 11) is -4.21. The SMILES string of the molecule is N#Cc1ccc(S(=O)(=O)N2C[C@@H](F)C(n3ncc(NC[C@H]4CCCOC4)c(Cl)c3=O)[C@H](F)C2)cc1. The van der Waals surface area contributed by atoms with E-state index in [1.807, 2.05) is 6.07 Å². The maximum absolute atomic E-state index is 15.1. The van der Waals surface area contributed by atoms with Crippen LogP contribution in [0.1, 0.15) is 24.4 Å². The molecule has 2 saturated heterocycles. The summed E-state index contributed by atoms with van der Waals surface area (Å²) in [6.07, 6.45) is -0.952. The standard InChI is InChI=1S/C22H24ClF2N5O4S/c23-20-19(27-9-15-2-1-7-34-13-15)10-28-30(22(20)31)21-17(24)11-29(12-18(21)25)35(32,33)16-5-3-14(8-26)4-6-16/h3-6,10,15,17-18,21,27H,1-2,7,9,11-13H2/t15-,17-,18-/m1/s1. The van der Waals surface area contributed by atoms with Crippen LogP contribution in [0, 0.1) is 17.2 Å². The van der Waals surface area contributed by atoms with Gasteiger partial charge < -0.3 is 10.1 Å². The van der Waals surface area contributed by atoms with E-state index in [1.165, 1.54) is 30.5 Å². The molecule has 0 bridgehead atoms. The second-order valence-corrected chi connectivity index (χ2v) is 10.9. The van der Waals surface area contributed by atoms with Gasteiger partial charge in [-0.2, -0.15) is 14.7 Å². The first-order valence-corrected chi connectivity index (χ1v) is 12.9. The number of nitrogens with one attached hydrogen (secondary N) is 1. The summed E-state index contributed by atoms with van der Waals surface area (Å²) in [6, 6.07) is 5.27. The highest BCUT2D eigenvalue weighted by atomic mass is 35.5. The molecular weight excluding hydrogens is 504 g/mol. The highest BCUT2D eigenvalue weighted by molar-refractivity contribution is 7.89. The van der Waals surface area contributed by atoms with Crippen LogP contribution < -0.4 is 10.9 Å². The number of rotatable bonds is 6. The van der Waals surface area contributed by atoms with Crippen molar-refractivity contribution in [2.75, 3.05) is 38.2 Å². The van der Waals surface area contributed by atoms with Gasteiger partial charge in [-0.15, -0.1) is 0 Å². The zero-order valence-electron chi connectivity index (χ0n) is 18.6. The molecular formula is C22H24ClF2N5O4S. The molecule has 0 amide bonds. The molecule has 35 heavy (non-hydrogen) atoms. The Kier molecular flexibility index (Phi) is 7.70. The average molecular weight is 528 g/mol. The van der Waals surface area contributed by atoms with Crippen molar-refractivity contribution in [3.63, 3.8) is 0 Å². The van der Waals surface area contributed by atoms with Gasteiger partial charge in [-0.3, -0.25) is 4.79 Å². The number of hydrogen-bond acceptors (Lipinski definition) is 7. The van der Waals surface area contributed by atoms with E-state index in [-0.39, 0.29) is 27.1 Å². The van der Waals surface area contributed by atoms with Crippen LogP contribution in [-0.4, -0.2) is 67.7 Å². The van der Waals surface area contributed by atoms with Crippen LogP contribution in [0.2, 0.25) is 5.02 Å². The van der Waals surface area contributed by atoms with E-state index >= 15 is 8.78 Å². The summed E-state index contributed by atoms with van der Waals surface area (Å²) in [5.74, 6) is 0.245. The van der Waals surface area contributed by atoms with Crippen LogP contribution in [0.5, 0.6) is 0 Å². The largest absolute Gasteiger partial charge is 0.382 e. The van der Waals surface area contributed by atoms with Gasteiger partial charge in [-0.05, 0) is 43.0 Å². The maximum Gasteiger partial charge on any atom is 0.288 e. The minimum Gasteiger partial charge on any atom is -0.382 e. The van der Waals surface area contributed by atoms with Gasteiger partial charge in [-0.25, -0.2) is 21.9 Å². The molecule has 0 aliphatic carbocycles. The molecule has 4 rings (SSSR count). The zero-order chi connectivity index (χ0) is 25.2. The highest BCUT2D eigenvalue weighted by Crippen LogP contribution is 2.31. The van der Waals surface area contributed by atoms with Crippen molar-refractivity contribution in [1.29, 1.82) is 5.26 Å². The normalized spacial score (nSPS) is 24.1. The Labute approximate surface area is 206 Å². The Morgan fingerprint density at radius 1 is 1.23 bits per heavy atom. The van der Waals surface area contributed by atoms with E-state index in [2.05, 4.69) is 10.4 Å². The highest BCUT2D eigenvalue weighted by Gasteiger charge is 2.44. The average Bonchev–Trinajstić information content (AvgIpc) is 2.86. The van der Waals surface area contributed by atoms with Crippen molar-refractivity contribution in [2.45, 2.75) is 36.1 Å². The van der Waals surface area contributed by atoms with Crippen molar-refractivity contribution in [2.24, 2.45) is 5.92 Å². The van der Waals surface area contributed by atoms with Gasteiger partial charge in [0.1, 0.15) is 23.4 Å². The van der Waals surface area contributed by atoms with Gasteiger partial charge in [0.05, 0.1) is 35.0 Å². The van der Waals surface area contributed by atoms with Crippen molar-refractivity contribution in [3.05, 3.63) is 51.4 Å². The predicted molar refractivity (Wildman–Crippen MR) is 124 cm³/mol. The molecule has 0 saturated carbocycles. The third-order valence-corrected chi connectivity index (χ3v) is 8.39. The number of aromatic nitrogens is 2. The molecule has 3 heterocycles. The summed E-state index contributed by atoms with van der Waals surface area (Å²) in [5.41, 5.74) is -0.359. The molecule has 1 aromatic carbocycles. The number of sulfonamides is 1. The van der Waals surface area contributed by atoms with Crippen molar-refractivity contribution in [3.8, 4) is 6.07 Å². The van der Waals surface area contributed by atoms with Crippen LogP contribution in [-0.2, 0) is 14.8 Å². The summed E-state index contributed by atoms with van der Waals surface area (Å²) in [6.45, 7) is 0.485. The number of alkyl halides is 2. The Morgan fingerprint density at radius 3 is 2.51 bits per heavy atom. The lowest BCUT2D eigenvalue weighted by molar-refractivity contribution is 0.0491. The van der Waals surface area contributed by atoms with E-state index in [0.717, 1.165) is 19.4 Å². The van der Waals surface area contributed by atoms with Gasteiger partial charge in [0.2, 0.25) is 10.0 Å². The monoisotopic (exact) mass is 527 g/mol. The summed E-state index contributed by atoms with van der Waals surface area (Å²) in [5, 5.41) is 15.6. The van der Waals surface area contributed by atoms with E-state index in [9.17, 15) is 13.2 Å². The van der Waals surface area contributed by atoms with E-state index in [1.54, 1.807) is 0 Å². The minimum absolute atomic E-state index is 0.188. The van der Waals surface area contributed by atoms with Crippen LogP contribution >= 0.6 is 11.6 Å². The molecule has 2 fully saturated rings. The van der Waals surface area contributed by atoms with Gasteiger partial charge in [0.15, 0.2) is 0 Å². The Balaban J connectivity index is 1.49. The fraction of sp³-hybridized carbons (Fsp3) is 0.500. The van der Waals surface area contributed by atoms with Crippen LogP contribution in [0.3, 0.4) is 0 Å². The van der Waals surface area contributed by atoms with Crippen LogP contribution in [0.25, 0.3) is 0 Å². The number of hydrogen-bond donors (Lipinski definition) is 1. The topological polar surface area (TPSA) is 117 Å². The number of benzene rings is 1. The molecule has 188 valence electrons. The molecule has 13 heteroatoms. The third kappa shape index (κ3) is 5.33. The van der Waals surface area contributed by atoms with Gasteiger partial charge in [0.25, 0.3) is 5.56 Å². The maximum atomic E-state index is 15.1. The van der Waals surface area contributed by atoms with E-state index < -0.39 is 47.1 Å². The first-order valence-electron chi connectivity index (χ1n) is 11.1. The van der Waals surface area contributed by atoms with E-state index in [0.29, 0.717) is 22.1 Å². The molecule has 2 aliphatic rings. The number of nitriles is 1. The van der Waals surface area contributed by atoms with E-state index in [4.69, 9.17) is 21.6 Å². The minimum atomic E-state index is -4.21. The van der Waals surface area contributed by atoms with Crippen molar-refractivity contribution < 1.29 is 21.9 Å². The second kappa shape index (κ2) is 10.6. The number of anilines is 1. The Hall–Kier alpha value is -2.59. The van der Waals surface area contributed by atoms with Gasteiger partial charge in [-0.1, -0.05) is 11.6 Å². The summed E-state index contributed by atoms with van der Waals surface area (Å²) < 4.78 is 62.8. The lowest BCUT2D eigenvalue weighted by Crippen LogP contribution is -2.53. The first kappa shape index (κ1) is 25.5. The number of ether oxygens (including phenoxy) is 1. The third-order valence-electron chi connectivity index (χ3n) is 6.18. The first-order chi connectivity index (χ1) is 16.7. The molecule has 1 aromatic heterocycles. The molecule has 3 atom stereocenters. The van der Waals surface area contributed by atoms with Crippen molar-refractivity contribution >= 4 is 27.3 Å². The lowest BCUT2D eigenvalue weighted by Gasteiger charge is -2.36. The molecule has 2 aromatic rings.